The van der Waals surface area contributed by atoms with Crippen LogP contribution in [0, 0.1) is 0 Å². The van der Waals surface area contributed by atoms with Crippen LogP contribution in [0.25, 0.3) is 11.1 Å². The highest BCUT2D eigenvalue weighted by Gasteiger charge is 2.50. The van der Waals surface area contributed by atoms with Crippen molar-refractivity contribution in [2.24, 2.45) is 0 Å². The first-order valence-corrected chi connectivity index (χ1v) is 12.4. The number of alkyl halides is 3. The molecule has 0 saturated carbocycles. The third kappa shape index (κ3) is 4.98. The summed E-state index contributed by atoms with van der Waals surface area (Å²) in [7, 11) is -3.29. The van der Waals surface area contributed by atoms with Crippen LogP contribution < -0.4 is 0 Å². The van der Waals surface area contributed by atoms with E-state index < -0.39 is 22.0 Å². The minimum atomic E-state index is -5.08. The van der Waals surface area contributed by atoms with Crippen molar-refractivity contribution in [1.29, 1.82) is 0 Å². The molecule has 8 nitrogen and oxygen atoms in total. The van der Waals surface area contributed by atoms with Crippen LogP contribution in [-0.2, 0) is 21.2 Å². The molecule has 0 aliphatic carbocycles. The second kappa shape index (κ2) is 9.15. The normalized spacial score (nSPS) is 20.9. The van der Waals surface area contributed by atoms with Gasteiger partial charge in [-0.1, -0.05) is 6.07 Å². The second-order valence-electron chi connectivity index (χ2n) is 8.87. The van der Waals surface area contributed by atoms with Crippen molar-refractivity contribution in [1.82, 2.24) is 14.7 Å². The quantitative estimate of drug-likeness (QED) is 0.562. The van der Waals surface area contributed by atoms with E-state index in [0.717, 1.165) is 35.3 Å². The Hall–Kier alpha value is -3.12. The van der Waals surface area contributed by atoms with Crippen molar-refractivity contribution in [2.45, 2.75) is 48.7 Å². The van der Waals surface area contributed by atoms with Crippen molar-refractivity contribution in [3.05, 3.63) is 60.3 Å². The number of likely N-dealkylation sites (tertiary alicyclic amines) is 1. The number of aromatic nitrogens is 2. The number of carboxylic acid groups (broad SMARTS) is 1. The van der Waals surface area contributed by atoms with Crippen LogP contribution in [0.15, 0.2) is 58.5 Å². The number of hydrogen-bond donors (Lipinski definition) is 1. The zero-order valence-corrected chi connectivity index (χ0v) is 19.8. The lowest BCUT2D eigenvalue weighted by atomic mass is 9.95. The van der Waals surface area contributed by atoms with Crippen LogP contribution in [0.4, 0.5) is 13.2 Å². The standard InChI is InChI=1S/C21H23N3O3S.C2HF3O2/c1-14(2)24-10-15(8-22-24)9-23-11-19-18-7-16(17-5-6-27-13-17)3-4-20(18)28(25,26)21(19)12-23;3-2(4,5)1(6)7/h3-8,10,13-14,19,21H,9,11-12H2,1-2H3;(H,6,7). The van der Waals surface area contributed by atoms with Gasteiger partial charge in [0.2, 0.25) is 0 Å². The molecule has 1 fully saturated rings. The molecule has 5 rings (SSSR count). The fourth-order valence-electron chi connectivity index (χ4n) is 4.46. The molecule has 4 heterocycles. The lowest BCUT2D eigenvalue weighted by Crippen LogP contribution is -2.25. The predicted octanol–water partition coefficient (Wildman–Crippen LogP) is 4.11. The van der Waals surface area contributed by atoms with Gasteiger partial charge < -0.3 is 9.52 Å². The lowest BCUT2D eigenvalue weighted by Gasteiger charge is -2.16. The van der Waals surface area contributed by atoms with Gasteiger partial charge >= 0.3 is 12.1 Å². The fraction of sp³-hybridized carbons (Fsp3) is 0.391. The largest absolute Gasteiger partial charge is 0.490 e. The fourth-order valence-corrected chi connectivity index (χ4v) is 6.66. The molecule has 2 aliphatic rings. The molecule has 1 N–H and O–H groups in total. The van der Waals surface area contributed by atoms with E-state index in [-0.39, 0.29) is 11.2 Å². The minimum Gasteiger partial charge on any atom is -0.475 e. The Morgan fingerprint density at radius 1 is 1.23 bits per heavy atom. The molecule has 2 aliphatic heterocycles. The van der Waals surface area contributed by atoms with E-state index in [1.807, 2.05) is 29.1 Å². The maximum atomic E-state index is 13.1. The summed E-state index contributed by atoms with van der Waals surface area (Å²) in [5, 5.41) is 11.2. The van der Waals surface area contributed by atoms with Crippen LogP contribution in [0.3, 0.4) is 0 Å². The summed E-state index contributed by atoms with van der Waals surface area (Å²) in [4.78, 5) is 11.6. The second-order valence-corrected chi connectivity index (χ2v) is 11.0. The van der Waals surface area contributed by atoms with Crippen LogP contribution in [-0.4, -0.2) is 58.7 Å². The van der Waals surface area contributed by atoms with Gasteiger partial charge in [-0.15, -0.1) is 0 Å². The Labute approximate surface area is 199 Å². The Kier molecular flexibility index (Phi) is 6.54. The van der Waals surface area contributed by atoms with Gasteiger partial charge in [0.1, 0.15) is 0 Å². The molecule has 0 spiro atoms. The van der Waals surface area contributed by atoms with Crippen LogP contribution >= 0.6 is 0 Å². The molecule has 1 saturated heterocycles. The van der Waals surface area contributed by atoms with Gasteiger partial charge in [-0.2, -0.15) is 18.3 Å². The summed E-state index contributed by atoms with van der Waals surface area (Å²) in [5.74, 6) is -2.74. The molecule has 188 valence electrons. The zero-order valence-electron chi connectivity index (χ0n) is 18.9. The first kappa shape index (κ1) is 25.0. The number of hydrogen-bond acceptors (Lipinski definition) is 6. The summed E-state index contributed by atoms with van der Waals surface area (Å²) in [6.45, 7) is 6.23. The summed E-state index contributed by atoms with van der Waals surface area (Å²) in [5.41, 5.74) is 4.04. The number of benzene rings is 1. The van der Waals surface area contributed by atoms with E-state index in [1.54, 1.807) is 18.6 Å². The number of fused-ring (bicyclic) bond motifs is 3. The number of furan rings is 1. The molecular formula is C23H24F3N3O5S. The van der Waals surface area contributed by atoms with Crippen molar-refractivity contribution in [2.75, 3.05) is 13.1 Å². The first-order valence-electron chi connectivity index (χ1n) is 10.8. The molecular weight excluding hydrogens is 487 g/mol. The molecule has 0 radical (unpaired) electrons. The van der Waals surface area contributed by atoms with Crippen LogP contribution in [0.2, 0.25) is 0 Å². The SMILES string of the molecule is CC(C)n1cc(CN2CC3c4cc(-c5ccoc5)ccc4S(=O)(=O)C3C2)cn1.O=C(O)C(F)(F)F. The van der Waals surface area contributed by atoms with E-state index in [2.05, 4.69) is 30.0 Å². The molecule has 2 aromatic heterocycles. The third-order valence-electron chi connectivity index (χ3n) is 6.14. The summed E-state index contributed by atoms with van der Waals surface area (Å²) >= 11 is 0. The summed E-state index contributed by atoms with van der Waals surface area (Å²) in [6.07, 6.45) is 2.18. The number of carboxylic acids is 1. The highest BCUT2D eigenvalue weighted by Crippen LogP contribution is 2.46. The maximum absolute atomic E-state index is 13.1. The van der Waals surface area contributed by atoms with Crippen LogP contribution in [0.5, 0.6) is 0 Å². The average Bonchev–Trinajstić information content (AvgIpc) is 3.56. The number of rotatable bonds is 4. The van der Waals surface area contributed by atoms with E-state index in [0.29, 0.717) is 17.5 Å². The number of nitrogens with zero attached hydrogens (tertiary/aromatic N) is 3. The Balaban J connectivity index is 0.000000364. The van der Waals surface area contributed by atoms with E-state index in [1.165, 1.54) is 0 Å². The number of sulfone groups is 1. The van der Waals surface area contributed by atoms with E-state index in [4.69, 9.17) is 14.3 Å². The first-order chi connectivity index (χ1) is 16.4. The van der Waals surface area contributed by atoms with Crippen molar-refractivity contribution in [3.63, 3.8) is 0 Å². The maximum Gasteiger partial charge on any atom is 0.490 e. The Morgan fingerprint density at radius 3 is 2.51 bits per heavy atom. The molecule has 0 bridgehead atoms. The lowest BCUT2D eigenvalue weighted by molar-refractivity contribution is -0.192. The zero-order chi connectivity index (χ0) is 25.5. The topological polar surface area (TPSA) is 106 Å². The van der Waals surface area contributed by atoms with Gasteiger partial charge in [0.25, 0.3) is 0 Å². The van der Waals surface area contributed by atoms with Gasteiger partial charge in [0, 0.05) is 48.9 Å². The molecule has 0 amide bonds. The van der Waals surface area contributed by atoms with Crippen molar-refractivity contribution >= 4 is 15.8 Å². The molecule has 35 heavy (non-hydrogen) atoms. The van der Waals surface area contributed by atoms with E-state index in [9.17, 15) is 21.6 Å². The molecule has 12 heteroatoms. The van der Waals surface area contributed by atoms with Gasteiger partial charge in [0.15, 0.2) is 9.84 Å². The monoisotopic (exact) mass is 511 g/mol. The van der Waals surface area contributed by atoms with Crippen molar-refractivity contribution < 1.29 is 35.9 Å². The van der Waals surface area contributed by atoms with Gasteiger partial charge in [-0.25, -0.2) is 13.2 Å². The molecule has 3 aromatic rings. The highest BCUT2D eigenvalue weighted by molar-refractivity contribution is 7.92. The van der Waals surface area contributed by atoms with Gasteiger partial charge in [0.05, 0.1) is 28.9 Å². The highest BCUT2D eigenvalue weighted by atomic mass is 32.2. The minimum absolute atomic E-state index is 0.0204. The Bertz CT molecular complexity index is 1320. The van der Waals surface area contributed by atoms with Crippen molar-refractivity contribution in [3.8, 4) is 11.1 Å². The predicted molar refractivity (Wildman–Crippen MR) is 119 cm³/mol. The molecule has 2 unspecified atom stereocenters. The summed E-state index contributed by atoms with van der Waals surface area (Å²) < 4.78 is 65.0. The average molecular weight is 512 g/mol. The van der Waals surface area contributed by atoms with Crippen LogP contribution in [0.1, 0.15) is 36.9 Å². The Morgan fingerprint density at radius 2 is 1.94 bits per heavy atom. The van der Waals surface area contributed by atoms with E-state index >= 15 is 0 Å². The molecule has 2 atom stereocenters. The third-order valence-corrected chi connectivity index (χ3v) is 8.40. The van der Waals surface area contributed by atoms with Gasteiger partial charge in [-0.05, 0) is 43.2 Å². The molecule has 1 aromatic carbocycles. The van der Waals surface area contributed by atoms with Gasteiger partial charge in [-0.3, -0.25) is 9.58 Å². The smallest absolute Gasteiger partial charge is 0.475 e. The summed E-state index contributed by atoms with van der Waals surface area (Å²) in [6, 6.07) is 7.89. The number of aliphatic carboxylic acids is 1. The number of carbonyl (C=O) groups is 1. The number of halogens is 3.